The number of rotatable bonds is 9. The van der Waals surface area contributed by atoms with Gasteiger partial charge in [-0.05, 0) is 25.7 Å². The minimum atomic E-state index is -1.15. The van der Waals surface area contributed by atoms with E-state index in [1.807, 2.05) is 0 Å². The van der Waals surface area contributed by atoms with Gasteiger partial charge in [0.1, 0.15) is 24.4 Å². The van der Waals surface area contributed by atoms with E-state index >= 15 is 0 Å². The Morgan fingerprint density at radius 3 is 2.65 bits per heavy atom. The standard InChI is InChI=1S/C15H28O5/c1-2-3-4-5-6-7-8-9-19-11-13-15(18)14(17)12(16)10-20-13/h3-4,12-18H,2,5-11H2,1H3/b4-3+/t12-,13+,14+,15+/m1/s1. The van der Waals surface area contributed by atoms with Gasteiger partial charge in [-0.1, -0.05) is 25.5 Å². The molecule has 0 spiro atoms. The summed E-state index contributed by atoms with van der Waals surface area (Å²) >= 11 is 0. The zero-order valence-electron chi connectivity index (χ0n) is 12.3. The second-order valence-electron chi connectivity index (χ2n) is 5.22. The van der Waals surface area contributed by atoms with Gasteiger partial charge in [0.15, 0.2) is 0 Å². The van der Waals surface area contributed by atoms with Gasteiger partial charge in [0.05, 0.1) is 13.2 Å². The van der Waals surface area contributed by atoms with E-state index in [1.165, 1.54) is 0 Å². The quantitative estimate of drug-likeness (QED) is 0.436. The number of ether oxygens (including phenoxy) is 2. The maximum Gasteiger partial charge on any atom is 0.111 e. The first-order valence-electron chi connectivity index (χ1n) is 7.55. The lowest BCUT2D eigenvalue weighted by molar-refractivity contribution is -0.199. The van der Waals surface area contributed by atoms with Crippen LogP contribution in [-0.4, -0.2) is 59.6 Å². The Kier molecular flexibility index (Phi) is 9.05. The average molecular weight is 288 g/mol. The molecule has 20 heavy (non-hydrogen) atoms. The van der Waals surface area contributed by atoms with Crippen molar-refractivity contribution >= 4 is 0 Å². The normalized spacial score (nSPS) is 31.0. The van der Waals surface area contributed by atoms with E-state index in [0.717, 1.165) is 32.1 Å². The Hall–Kier alpha value is -0.460. The smallest absolute Gasteiger partial charge is 0.111 e. The highest BCUT2D eigenvalue weighted by Gasteiger charge is 2.37. The molecule has 0 unspecified atom stereocenters. The maximum absolute atomic E-state index is 9.71. The molecule has 0 bridgehead atoms. The summed E-state index contributed by atoms with van der Waals surface area (Å²) in [7, 11) is 0. The molecule has 4 atom stereocenters. The van der Waals surface area contributed by atoms with Gasteiger partial charge < -0.3 is 24.8 Å². The SMILES string of the molecule is CC/C=C/CCCCCOC[C@@H]1OC[C@@H](O)[C@H](O)[C@H]1O. The molecule has 1 fully saturated rings. The number of aliphatic hydroxyl groups is 3. The Bertz CT molecular complexity index is 269. The van der Waals surface area contributed by atoms with Crippen LogP contribution in [0.5, 0.6) is 0 Å². The molecule has 0 aliphatic carbocycles. The summed E-state index contributed by atoms with van der Waals surface area (Å²) in [6.07, 6.45) is 6.04. The van der Waals surface area contributed by atoms with Crippen LogP contribution in [0.15, 0.2) is 12.2 Å². The minimum absolute atomic E-state index is 0.0377. The second kappa shape index (κ2) is 10.3. The van der Waals surface area contributed by atoms with Crippen LogP contribution in [0.25, 0.3) is 0 Å². The number of allylic oxidation sites excluding steroid dienone is 2. The van der Waals surface area contributed by atoms with E-state index in [1.54, 1.807) is 0 Å². The molecule has 0 amide bonds. The van der Waals surface area contributed by atoms with Gasteiger partial charge in [0.25, 0.3) is 0 Å². The molecule has 0 aromatic carbocycles. The van der Waals surface area contributed by atoms with Crippen molar-refractivity contribution in [2.75, 3.05) is 19.8 Å². The number of aliphatic hydroxyl groups excluding tert-OH is 3. The fourth-order valence-corrected chi connectivity index (χ4v) is 2.14. The molecule has 1 heterocycles. The van der Waals surface area contributed by atoms with Crippen LogP contribution in [0.4, 0.5) is 0 Å². The Morgan fingerprint density at radius 2 is 1.90 bits per heavy atom. The Morgan fingerprint density at radius 1 is 1.10 bits per heavy atom. The number of unbranched alkanes of at least 4 members (excludes halogenated alkanes) is 3. The first-order valence-corrected chi connectivity index (χ1v) is 7.55. The minimum Gasteiger partial charge on any atom is -0.388 e. The van der Waals surface area contributed by atoms with Gasteiger partial charge in [-0.3, -0.25) is 0 Å². The highest BCUT2D eigenvalue weighted by molar-refractivity contribution is 4.86. The summed E-state index contributed by atoms with van der Waals surface area (Å²) in [6, 6.07) is 0. The molecule has 0 saturated carbocycles. The van der Waals surface area contributed by atoms with Crippen molar-refractivity contribution in [3.8, 4) is 0 Å². The lowest BCUT2D eigenvalue weighted by Gasteiger charge is -2.35. The molecule has 0 aromatic rings. The number of hydrogen-bond donors (Lipinski definition) is 3. The number of hydrogen-bond acceptors (Lipinski definition) is 5. The third-order valence-corrected chi connectivity index (χ3v) is 3.45. The lowest BCUT2D eigenvalue weighted by Crippen LogP contribution is -2.54. The summed E-state index contributed by atoms with van der Waals surface area (Å²) in [5.41, 5.74) is 0. The van der Waals surface area contributed by atoms with Crippen LogP contribution in [0.2, 0.25) is 0 Å². The zero-order chi connectivity index (χ0) is 14.8. The van der Waals surface area contributed by atoms with Gasteiger partial charge in [-0.25, -0.2) is 0 Å². The summed E-state index contributed by atoms with van der Waals surface area (Å²) in [4.78, 5) is 0. The molecule has 0 radical (unpaired) electrons. The fourth-order valence-electron chi connectivity index (χ4n) is 2.14. The Balaban J connectivity index is 2.00. The molecule has 1 aliphatic heterocycles. The van der Waals surface area contributed by atoms with E-state index in [0.29, 0.717) is 6.61 Å². The van der Waals surface area contributed by atoms with Gasteiger partial charge in [0, 0.05) is 6.61 Å². The topological polar surface area (TPSA) is 79.2 Å². The van der Waals surface area contributed by atoms with Crippen molar-refractivity contribution in [3.05, 3.63) is 12.2 Å². The molecule has 1 rings (SSSR count). The molecule has 1 saturated heterocycles. The summed E-state index contributed by atoms with van der Waals surface area (Å²) in [6.45, 7) is 3.04. The predicted octanol–water partition coefficient (Wildman–Crippen LogP) is 1.01. The van der Waals surface area contributed by atoms with Crippen LogP contribution in [0.3, 0.4) is 0 Å². The van der Waals surface area contributed by atoms with Crippen molar-refractivity contribution < 1.29 is 24.8 Å². The largest absolute Gasteiger partial charge is 0.388 e. The highest BCUT2D eigenvalue weighted by atomic mass is 16.6. The first-order chi connectivity index (χ1) is 9.66. The van der Waals surface area contributed by atoms with E-state index in [9.17, 15) is 15.3 Å². The van der Waals surface area contributed by atoms with Crippen LogP contribution >= 0.6 is 0 Å². The molecule has 118 valence electrons. The van der Waals surface area contributed by atoms with Crippen molar-refractivity contribution in [1.82, 2.24) is 0 Å². The molecule has 1 aliphatic rings. The van der Waals surface area contributed by atoms with E-state index in [2.05, 4.69) is 19.1 Å². The molecule has 3 N–H and O–H groups in total. The van der Waals surface area contributed by atoms with Gasteiger partial charge >= 0.3 is 0 Å². The van der Waals surface area contributed by atoms with Crippen LogP contribution in [0, 0.1) is 0 Å². The van der Waals surface area contributed by atoms with Crippen LogP contribution in [0.1, 0.15) is 39.0 Å². The van der Waals surface area contributed by atoms with Crippen molar-refractivity contribution in [2.45, 2.75) is 63.4 Å². The average Bonchev–Trinajstić information content (AvgIpc) is 2.45. The molecule has 5 heteroatoms. The molecule has 5 nitrogen and oxygen atoms in total. The lowest BCUT2D eigenvalue weighted by atomic mass is 10.0. The molecular weight excluding hydrogens is 260 g/mol. The van der Waals surface area contributed by atoms with E-state index < -0.39 is 24.4 Å². The van der Waals surface area contributed by atoms with E-state index in [-0.39, 0.29) is 13.2 Å². The second-order valence-corrected chi connectivity index (χ2v) is 5.22. The fraction of sp³-hybridized carbons (Fsp3) is 0.867. The van der Waals surface area contributed by atoms with Crippen molar-refractivity contribution in [3.63, 3.8) is 0 Å². The Labute approximate surface area is 121 Å². The summed E-state index contributed by atoms with van der Waals surface area (Å²) in [5.74, 6) is 0. The third kappa shape index (κ3) is 6.33. The summed E-state index contributed by atoms with van der Waals surface area (Å²) in [5, 5.41) is 28.5. The van der Waals surface area contributed by atoms with Crippen molar-refractivity contribution in [2.24, 2.45) is 0 Å². The highest BCUT2D eigenvalue weighted by Crippen LogP contribution is 2.16. The molecule has 0 aromatic heterocycles. The van der Waals surface area contributed by atoms with Gasteiger partial charge in [-0.15, -0.1) is 0 Å². The van der Waals surface area contributed by atoms with Crippen molar-refractivity contribution in [1.29, 1.82) is 0 Å². The zero-order valence-corrected chi connectivity index (χ0v) is 12.3. The predicted molar refractivity (Wildman–Crippen MR) is 76.5 cm³/mol. The van der Waals surface area contributed by atoms with Gasteiger partial charge in [0.2, 0.25) is 0 Å². The van der Waals surface area contributed by atoms with E-state index in [4.69, 9.17) is 9.47 Å². The van der Waals surface area contributed by atoms with Crippen LogP contribution in [-0.2, 0) is 9.47 Å². The van der Waals surface area contributed by atoms with Crippen LogP contribution < -0.4 is 0 Å². The first kappa shape index (κ1) is 17.6. The maximum atomic E-state index is 9.71. The monoisotopic (exact) mass is 288 g/mol. The molecular formula is C15H28O5. The summed E-state index contributed by atoms with van der Waals surface area (Å²) < 4.78 is 10.7. The van der Waals surface area contributed by atoms with Gasteiger partial charge in [-0.2, -0.15) is 0 Å². The third-order valence-electron chi connectivity index (χ3n) is 3.45.